The summed E-state index contributed by atoms with van der Waals surface area (Å²) in [6.07, 6.45) is 1.79. The smallest absolute Gasteiger partial charge is 0.221 e. The van der Waals surface area contributed by atoms with Gasteiger partial charge in [0, 0.05) is 30.5 Å². The second-order valence-corrected chi connectivity index (χ2v) is 9.01. The van der Waals surface area contributed by atoms with Gasteiger partial charge in [-0.2, -0.15) is 0 Å². The first kappa shape index (κ1) is 23.2. The van der Waals surface area contributed by atoms with Crippen LogP contribution in [0.25, 0.3) is 28.1 Å². The topological polar surface area (TPSA) is 84.2 Å². The fourth-order valence-electron chi connectivity index (χ4n) is 4.26. The Hall–Kier alpha value is -4.52. The molecular weight excluding hydrogens is 448 g/mol. The van der Waals surface area contributed by atoms with Crippen LogP contribution in [0, 0.1) is 6.92 Å². The molecule has 1 amide bonds. The Balaban J connectivity index is 1.76. The standard InChI is InChI=1S/C29H28N6O/c1-18(2)31-26-17-29-27(16-25(26)33-23-9-7-15-30-19(23)3)34-24-8-5-6-10-28(24)35(29)22-13-11-21(12-14-22)32-20(4)36/h5-18,33H,1-4H3,(H,32,36). The van der Waals surface area contributed by atoms with E-state index in [4.69, 9.17) is 9.98 Å². The number of pyridine rings is 1. The molecule has 2 heterocycles. The molecule has 2 N–H and O–H groups in total. The number of aryl methyl sites for hydroxylation is 1. The van der Waals surface area contributed by atoms with Crippen LogP contribution < -0.4 is 16.0 Å². The second-order valence-electron chi connectivity index (χ2n) is 9.01. The maximum atomic E-state index is 11.5. The molecule has 1 aromatic heterocycles. The molecule has 7 heteroatoms. The Kier molecular flexibility index (Phi) is 6.21. The molecule has 0 fully saturated rings. The van der Waals surface area contributed by atoms with Gasteiger partial charge in [0.25, 0.3) is 0 Å². The molecule has 7 nitrogen and oxygen atoms in total. The molecule has 5 rings (SSSR count). The van der Waals surface area contributed by atoms with Gasteiger partial charge >= 0.3 is 0 Å². The van der Waals surface area contributed by atoms with Gasteiger partial charge in [0.05, 0.1) is 44.8 Å². The highest BCUT2D eigenvalue weighted by Gasteiger charge is 2.17. The Morgan fingerprint density at radius 3 is 2.47 bits per heavy atom. The van der Waals surface area contributed by atoms with Gasteiger partial charge in [-0.25, -0.2) is 4.98 Å². The summed E-state index contributed by atoms with van der Waals surface area (Å²) in [5.41, 5.74) is 8.08. The van der Waals surface area contributed by atoms with Crippen LogP contribution in [0.2, 0.25) is 0 Å². The van der Waals surface area contributed by atoms with Crippen LogP contribution in [0.1, 0.15) is 26.5 Å². The van der Waals surface area contributed by atoms with Crippen molar-refractivity contribution in [2.75, 3.05) is 10.6 Å². The monoisotopic (exact) mass is 476 g/mol. The lowest BCUT2D eigenvalue weighted by molar-refractivity contribution is -0.114. The molecule has 0 saturated carbocycles. The number of carbonyl (C=O) groups excluding carboxylic acids is 1. The van der Waals surface area contributed by atoms with Gasteiger partial charge in [-0.1, -0.05) is 12.1 Å². The van der Waals surface area contributed by atoms with E-state index in [9.17, 15) is 4.79 Å². The number of anilines is 3. The van der Waals surface area contributed by atoms with Crippen molar-refractivity contribution in [3.8, 4) is 17.1 Å². The number of para-hydroxylation sites is 2. The lowest BCUT2D eigenvalue weighted by atomic mass is 10.1. The highest BCUT2D eigenvalue weighted by molar-refractivity contribution is 5.89. The van der Waals surface area contributed by atoms with E-state index in [2.05, 4.69) is 52.2 Å². The molecule has 0 radical (unpaired) electrons. The predicted molar refractivity (Wildman–Crippen MR) is 145 cm³/mol. The largest absolute Gasteiger partial charge is 0.352 e. The Labute approximate surface area is 209 Å². The quantitative estimate of drug-likeness (QED) is 0.312. The highest BCUT2D eigenvalue weighted by Crippen LogP contribution is 2.31. The SMILES string of the molecule is CC(=O)Nc1ccc(-n2c3cc(=NC(C)C)c(Nc4cccnc4C)cc-3nc3ccccc32)cc1. The van der Waals surface area contributed by atoms with Crippen molar-refractivity contribution in [2.24, 2.45) is 4.99 Å². The fraction of sp³-hybridized carbons (Fsp3) is 0.172. The van der Waals surface area contributed by atoms with Crippen LogP contribution in [0.3, 0.4) is 0 Å². The normalized spacial score (nSPS) is 11.9. The molecule has 3 aromatic rings. The number of aromatic nitrogens is 3. The molecule has 1 aliphatic heterocycles. The molecule has 2 aromatic carbocycles. The average molecular weight is 477 g/mol. The van der Waals surface area contributed by atoms with Crippen LogP contribution in [-0.4, -0.2) is 26.5 Å². The van der Waals surface area contributed by atoms with E-state index in [-0.39, 0.29) is 11.9 Å². The first-order chi connectivity index (χ1) is 17.4. The zero-order valence-electron chi connectivity index (χ0n) is 20.8. The minimum atomic E-state index is -0.0981. The van der Waals surface area contributed by atoms with E-state index in [1.165, 1.54) is 6.92 Å². The van der Waals surface area contributed by atoms with Crippen LogP contribution in [0.4, 0.5) is 17.1 Å². The maximum Gasteiger partial charge on any atom is 0.221 e. The lowest BCUT2D eigenvalue weighted by Gasteiger charge is -2.21. The van der Waals surface area contributed by atoms with Gasteiger partial charge in [0.1, 0.15) is 0 Å². The number of amides is 1. The summed E-state index contributed by atoms with van der Waals surface area (Å²) in [5, 5.41) is 7.21. The Morgan fingerprint density at radius 2 is 1.75 bits per heavy atom. The molecule has 0 atom stereocenters. The third kappa shape index (κ3) is 4.68. The molecule has 36 heavy (non-hydrogen) atoms. The molecule has 2 aliphatic rings. The van der Waals surface area contributed by atoms with Gasteiger partial charge in [-0.05, 0) is 81.4 Å². The van der Waals surface area contributed by atoms with Crippen molar-refractivity contribution < 1.29 is 4.79 Å². The molecule has 0 spiro atoms. The van der Waals surface area contributed by atoms with Crippen molar-refractivity contribution in [2.45, 2.75) is 33.7 Å². The first-order valence-electron chi connectivity index (χ1n) is 11.9. The summed E-state index contributed by atoms with van der Waals surface area (Å²) < 4.78 is 2.19. The minimum absolute atomic E-state index is 0.0981. The Bertz CT molecular complexity index is 1600. The summed E-state index contributed by atoms with van der Waals surface area (Å²) in [6.45, 7) is 7.62. The summed E-state index contributed by atoms with van der Waals surface area (Å²) in [4.78, 5) is 25.8. The zero-order valence-corrected chi connectivity index (χ0v) is 20.8. The third-order valence-electron chi connectivity index (χ3n) is 5.82. The number of hydrogen-bond acceptors (Lipinski definition) is 5. The predicted octanol–water partition coefficient (Wildman–Crippen LogP) is 5.84. The summed E-state index contributed by atoms with van der Waals surface area (Å²) in [5.74, 6) is -0.0981. The van der Waals surface area contributed by atoms with Crippen LogP contribution in [0.15, 0.2) is 84.0 Å². The molecule has 180 valence electrons. The van der Waals surface area contributed by atoms with Crippen LogP contribution in [-0.2, 0) is 4.79 Å². The fourth-order valence-corrected chi connectivity index (χ4v) is 4.26. The van der Waals surface area contributed by atoms with Gasteiger partial charge in [0.15, 0.2) is 0 Å². The number of nitrogens with one attached hydrogen (secondary N) is 2. The molecule has 0 unspecified atom stereocenters. The number of hydrogen-bond donors (Lipinski definition) is 2. The van der Waals surface area contributed by atoms with Crippen molar-refractivity contribution in [1.29, 1.82) is 0 Å². The highest BCUT2D eigenvalue weighted by atomic mass is 16.1. The number of nitrogens with zero attached hydrogens (tertiary/aromatic N) is 4. The summed E-state index contributed by atoms with van der Waals surface area (Å²) >= 11 is 0. The van der Waals surface area contributed by atoms with E-state index in [0.717, 1.165) is 56.2 Å². The number of carbonyl (C=O) groups is 1. The van der Waals surface area contributed by atoms with E-state index in [1.54, 1.807) is 6.20 Å². The van der Waals surface area contributed by atoms with Gasteiger partial charge in [-0.3, -0.25) is 14.8 Å². The molecule has 0 saturated heterocycles. The number of rotatable bonds is 5. The Morgan fingerprint density at radius 1 is 0.972 bits per heavy atom. The van der Waals surface area contributed by atoms with Crippen LogP contribution in [0.5, 0.6) is 0 Å². The number of fused-ring (bicyclic) bond motifs is 2. The lowest BCUT2D eigenvalue weighted by Crippen LogP contribution is -2.17. The average Bonchev–Trinajstić information content (AvgIpc) is 2.84. The molecule has 1 aliphatic carbocycles. The summed E-state index contributed by atoms with van der Waals surface area (Å²) in [7, 11) is 0. The maximum absolute atomic E-state index is 11.5. The van der Waals surface area contributed by atoms with E-state index in [0.29, 0.717) is 0 Å². The second kappa shape index (κ2) is 9.62. The molecular formula is C29H28N6O. The van der Waals surface area contributed by atoms with Crippen molar-refractivity contribution >= 4 is 34.0 Å². The zero-order chi connectivity index (χ0) is 25.2. The van der Waals surface area contributed by atoms with Crippen molar-refractivity contribution in [3.05, 3.63) is 90.0 Å². The summed E-state index contributed by atoms with van der Waals surface area (Å²) in [6, 6.07) is 24.1. The van der Waals surface area contributed by atoms with Gasteiger partial charge in [-0.15, -0.1) is 0 Å². The van der Waals surface area contributed by atoms with Crippen molar-refractivity contribution in [3.63, 3.8) is 0 Å². The van der Waals surface area contributed by atoms with E-state index in [1.807, 2.05) is 61.5 Å². The third-order valence-corrected chi connectivity index (χ3v) is 5.82. The number of benzene rings is 3. The van der Waals surface area contributed by atoms with Gasteiger partial charge in [0.2, 0.25) is 5.91 Å². The molecule has 0 bridgehead atoms. The van der Waals surface area contributed by atoms with E-state index >= 15 is 0 Å². The minimum Gasteiger partial charge on any atom is -0.352 e. The van der Waals surface area contributed by atoms with E-state index < -0.39 is 0 Å². The van der Waals surface area contributed by atoms with Crippen LogP contribution >= 0.6 is 0 Å². The van der Waals surface area contributed by atoms with Crippen molar-refractivity contribution in [1.82, 2.24) is 14.5 Å². The first-order valence-corrected chi connectivity index (χ1v) is 11.9. The van der Waals surface area contributed by atoms with Gasteiger partial charge < -0.3 is 15.2 Å².